The molecular weight excluding hydrogens is 416 g/mol. The van der Waals surface area contributed by atoms with Gasteiger partial charge in [-0.15, -0.1) is 0 Å². The predicted octanol–water partition coefficient (Wildman–Crippen LogP) is 7.38. The van der Waals surface area contributed by atoms with Gasteiger partial charge in [0, 0.05) is 0 Å². The van der Waals surface area contributed by atoms with E-state index in [2.05, 4.69) is 6.92 Å². The number of rotatable bonds is 17. The van der Waals surface area contributed by atoms with E-state index in [4.69, 9.17) is 14.2 Å². The summed E-state index contributed by atoms with van der Waals surface area (Å²) in [5.41, 5.74) is 0.858. The lowest BCUT2D eigenvalue weighted by molar-refractivity contribution is -0.151. The van der Waals surface area contributed by atoms with Crippen molar-refractivity contribution in [1.29, 1.82) is 0 Å². The van der Waals surface area contributed by atoms with Crippen LogP contribution in [-0.2, 0) is 25.7 Å². The summed E-state index contributed by atoms with van der Waals surface area (Å²) in [6.07, 6.45) is 11.1. The molecule has 2 rings (SSSR count). The van der Waals surface area contributed by atoms with Crippen molar-refractivity contribution in [2.24, 2.45) is 0 Å². The third kappa shape index (κ3) is 12.7. The highest BCUT2D eigenvalue weighted by Crippen LogP contribution is 2.21. The van der Waals surface area contributed by atoms with Crippen LogP contribution < -0.4 is 4.74 Å². The molecule has 0 spiro atoms. The van der Waals surface area contributed by atoms with Crippen molar-refractivity contribution in [3.8, 4) is 11.5 Å². The molecule has 0 amide bonds. The second kappa shape index (κ2) is 16.8. The first-order valence-corrected chi connectivity index (χ1v) is 12.3. The van der Waals surface area contributed by atoms with Crippen molar-refractivity contribution in [2.45, 2.75) is 84.2 Å². The first-order valence-electron chi connectivity index (χ1n) is 12.3. The smallest absolute Gasteiger partial charge is 0.306 e. The van der Waals surface area contributed by atoms with Gasteiger partial charge in [-0.2, -0.15) is 0 Å². The number of hydrogen-bond donors (Lipinski definition) is 0. The molecule has 33 heavy (non-hydrogen) atoms. The molecule has 0 aliphatic rings. The molecule has 0 aliphatic heterocycles. The first-order chi connectivity index (χ1) is 16.2. The van der Waals surface area contributed by atoms with Crippen molar-refractivity contribution in [3.05, 3.63) is 60.2 Å². The standard InChI is InChI=1S/C28H38O5/c1-2-3-4-5-6-7-8-9-13-22-31-27(29)20-21-28(30)32-23-24-16-18-26(19-17-24)33-25-14-11-10-12-15-25/h10-12,14-19H,2-9,13,20-23H2,1H3. The van der Waals surface area contributed by atoms with Gasteiger partial charge in [0.2, 0.25) is 0 Å². The molecule has 0 aliphatic carbocycles. The molecule has 0 unspecified atom stereocenters. The minimum absolute atomic E-state index is 0.0335. The molecule has 0 radical (unpaired) electrons. The molecule has 0 atom stereocenters. The fourth-order valence-electron chi connectivity index (χ4n) is 3.39. The van der Waals surface area contributed by atoms with Gasteiger partial charge in [-0.1, -0.05) is 88.6 Å². The highest BCUT2D eigenvalue weighted by Gasteiger charge is 2.09. The van der Waals surface area contributed by atoms with Crippen molar-refractivity contribution in [2.75, 3.05) is 6.61 Å². The minimum Gasteiger partial charge on any atom is -0.466 e. The first kappa shape index (κ1) is 26.4. The molecule has 0 fully saturated rings. The Morgan fingerprint density at radius 1 is 0.636 bits per heavy atom. The lowest BCUT2D eigenvalue weighted by Crippen LogP contribution is -2.11. The molecule has 0 saturated heterocycles. The highest BCUT2D eigenvalue weighted by atomic mass is 16.5. The van der Waals surface area contributed by atoms with Crippen LogP contribution in [0.1, 0.15) is 83.1 Å². The predicted molar refractivity (Wildman–Crippen MR) is 130 cm³/mol. The molecular formula is C28H38O5. The Bertz CT molecular complexity index is 786. The van der Waals surface area contributed by atoms with Gasteiger partial charge < -0.3 is 14.2 Å². The van der Waals surface area contributed by atoms with E-state index in [-0.39, 0.29) is 25.4 Å². The van der Waals surface area contributed by atoms with E-state index in [9.17, 15) is 9.59 Å². The number of esters is 2. The number of carbonyl (C=O) groups excluding carboxylic acids is 2. The van der Waals surface area contributed by atoms with Gasteiger partial charge in [-0.05, 0) is 36.2 Å². The van der Waals surface area contributed by atoms with E-state index in [0.717, 1.165) is 24.2 Å². The molecule has 0 N–H and O–H groups in total. The summed E-state index contributed by atoms with van der Waals surface area (Å²) < 4.78 is 16.2. The number of para-hydroxylation sites is 1. The van der Waals surface area contributed by atoms with E-state index in [1.165, 1.54) is 44.9 Å². The quantitative estimate of drug-likeness (QED) is 0.184. The number of carbonyl (C=O) groups is 2. The summed E-state index contributed by atoms with van der Waals surface area (Å²) >= 11 is 0. The zero-order valence-corrected chi connectivity index (χ0v) is 19.9. The van der Waals surface area contributed by atoms with E-state index in [0.29, 0.717) is 12.4 Å². The van der Waals surface area contributed by atoms with Crippen molar-refractivity contribution < 1.29 is 23.8 Å². The van der Waals surface area contributed by atoms with Crippen LogP contribution in [0.15, 0.2) is 54.6 Å². The topological polar surface area (TPSA) is 61.8 Å². The fraction of sp³-hybridized carbons (Fsp3) is 0.500. The summed E-state index contributed by atoms with van der Waals surface area (Å²) in [7, 11) is 0. The van der Waals surface area contributed by atoms with Gasteiger partial charge >= 0.3 is 11.9 Å². The van der Waals surface area contributed by atoms with Crippen LogP contribution in [0.2, 0.25) is 0 Å². The van der Waals surface area contributed by atoms with Crippen LogP contribution in [0.25, 0.3) is 0 Å². The number of benzene rings is 2. The Morgan fingerprint density at radius 2 is 1.18 bits per heavy atom. The fourth-order valence-corrected chi connectivity index (χ4v) is 3.39. The maximum Gasteiger partial charge on any atom is 0.306 e. The summed E-state index contributed by atoms with van der Waals surface area (Å²) in [5, 5.41) is 0. The molecule has 0 bridgehead atoms. The van der Waals surface area contributed by atoms with Gasteiger partial charge in [-0.3, -0.25) is 9.59 Å². The monoisotopic (exact) mass is 454 g/mol. The maximum atomic E-state index is 11.9. The zero-order valence-electron chi connectivity index (χ0n) is 19.9. The largest absolute Gasteiger partial charge is 0.466 e. The van der Waals surface area contributed by atoms with Crippen LogP contribution in [0.3, 0.4) is 0 Å². The minimum atomic E-state index is -0.403. The molecule has 5 heteroatoms. The van der Waals surface area contributed by atoms with Crippen LogP contribution in [0.4, 0.5) is 0 Å². The number of unbranched alkanes of at least 4 members (excludes halogenated alkanes) is 8. The summed E-state index contributed by atoms with van der Waals surface area (Å²) in [6, 6.07) is 16.9. The molecule has 2 aromatic carbocycles. The van der Waals surface area contributed by atoms with Crippen LogP contribution in [-0.4, -0.2) is 18.5 Å². The van der Waals surface area contributed by atoms with Gasteiger partial charge in [-0.25, -0.2) is 0 Å². The molecule has 2 aromatic rings. The average molecular weight is 455 g/mol. The van der Waals surface area contributed by atoms with Gasteiger partial charge in [0.1, 0.15) is 18.1 Å². The lowest BCUT2D eigenvalue weighted by Gasteiger charge is -2.08. The van der Waals surface area contributed by atoms with Crippen LogP contribution >= 0.6 is 0 Å². The van der Waals surface area contributed by atoms with E-state index in [1.54, 1.807) is 0 Å². The van der Waals surface area contributed by atoms with Crippen molar-refractivity contribution in [3.63, 3.8) is 0 Å². The van der Waals surface area contributed by atoms with Gasteiger partial charge in [0.05, 0.1) is 19.4 Å². The van der Waals surface area contributed by atoms with Gasteiger partial charge in [0.25, 0.3) is 0 Å². The second-order valence-electron chi connectivity index (χ2n) is 8.27. The van der Waals surface area contributed by atoms with Crippen molar-refractivity contribution in [1.82, 2.24) is 0 Å². The Hall–Kier alpha value is -2.82. The number of hydrogen-bond acceptors (Lipinski definition) is 5. The molecule has 5 nitrogen and oxygen atoms in total. The number of ether oxygens (including phenoxy) is 3. The summed E-state index contributed by atoms with van der Waals surface area (Å²) in [6.45, 7) is 2.83. The Kier molecular flexibility index (Phi) is 13.4. The summed E-state index contributed by atoms with van der Waals surface area (Å²) in [4.78, 5) is 23.7. The average Bonchev–Trinajstić information content (AvgIpc) is 2.84. The van der Waals surface area contributed by atoms with E-state index in [1.807, 2.05) is 54.6 Å². The van der Waals surface area contributed by atoms with Crippen molar-refractivity contribution >= 4 is 11.9 Å². The second-order valence-corrected chi connectivity index (χ2v) is 8.27. The zero-order chi connectivity index (χ0) is 23.6. The maximum absolute atomic E-state index is 11.9. The Morgan fingerprint density at radius 3 is 1.82 bits per heavy atom. The Labute approximate surface area is 198 Å². The molecule has 0 aromatic heterocycles. The lowest BCUT2D eigenvalue weighted by atomic mass is 10.1. The highest BCUT2D eigenvalue weighted by molar-refractivity contribution is 5.77. The molecule has 0 heterocycles. The third-order valence-corrected chi connectivity index (χ3v) is 5.35. The normalized spacial score (nSPS) is 10.6. The van der Waals surface area contributed by atoms with Gasteiger partial charge in [0.15, 0.2) is 0 Å². The molecule has 0 saturated carbocycles. The van der Waals surface area contributed by atoms with E-state index >= 15 is 0 Å². The third-order valence-electron chi connectivity index (χ3n) is 5.35. The van der Waals surface area contributed by atoms with E-state index < -0.39 is 5.97 Å². The van der Waals surface area contributed by atoms with Crippen LogP contribution in [0, 0.1) is 0 Å². The Balaban J connectivity index is 1.49. The summed E-state index contributed by atoms with van der Waals surface area (Å²) in [5.74, 6) is 0.737. The molecule has 180 valence electrons. The SMILES string of the molecule is CCCCCCCCCCCOC(=O)CCC(=O)OCc1ccc(Oc2ccccc2)cc1. The van der Waals surface area contributed by atoms with Crippen LogP contribution in [0.5, 0.6) is 11.5 Å².